The fourth-order valence-electron chi connectivity index (χ4n) is 1.56. The van der Waals surface area contributed by atoms with Gasteiger partial charge in [0.05, 0.1) is 10.6 Å². The minimum absolute atomic E-state index is 0.0676. The minimum Gasteiger partial charge on any atom is -0.369 e. The highest BCUT2D eigenvalue weighted by atomic mass is 35.5. The summed E-state index contributed by atoms with van der Waals surface area (Å²) in [4.78, 5) is 15.9. The number of aromatic nitrogens is 1. The van der Waals surface area contributed by atoms with Gasteiger partial charge in [0.25, 0.3) is 0 Å². The van der Waals surface area contributed by atoms with Crippen molar-refractivity contribution >= 4 is 23.2 Å². The molecule has 0 aliphatic rings. The predicted octanol–water partition coefficient (Wildman–Crippen LogP) is 3.93. The number of pyridine rings is 1. The lowest BCUT2D eigenvalue weighted by Crippen LogP contribution is -2.09. The van der Waals surface area contributed by atoms with Crippen LogP contribution < -0.4 is 5.32 Å². The Kier molecular flexibility index (Phi) is 5.98. The average Bonchev–Trinajstić information content (AvgIpc) is 2.35. The third kappa shape index (κ3) is 4.35. The number of ketones is 1. The number of nitrogens with zero attached hydrogens (tertiary/aromatic N) is 1. The van der Waals surface area contributed by atoms with Crippen molar-refractivity contribution in [2.24, 2.45) is 0 Å². The first-order valence-electron chi connectivity index (χ1n) is 6.11. The smallest absolute Gasteiger partial charge is 0.166 e. The summed E-state index contributed by atoms with van der Waals surface area (Å²) in [6.45, 7) is 4.84. The van der Waals surface area contributed by atoms with Crippen molar-refractivity contribution in [2.75, 3.05) is 11.9 Å². The maximum Gasteiger partial charge on any atom is 0.166 e. The van der Waals surface area contributed by atoms with E-state index < -0.39 is 0 Å². The SMILES string of the molecule is CCCCCNc1ncc(Cl)cc1C(=O)CC. The molecule has 0 aliphatic heterocycles. The van der Waals surface area contributed by atoms with Gasteiger partial charge in [-0.2, -0.15) is 0 Å². The highest BCUT2D eigenvalue weighted by Crippen LogP contribution is 2.19. The maximum absolute atomic E-state index is 11.7. The van der Waals surface area contributed by atoms with E-state index in [-0.39, 0.29) is 5.78 Å². The molecule has 1 heterocycles. The molecule has 0 unspecified atom stereocenters. The van der Waals surface area contributed by atoms with Gasteiger partial charge in [-0.1, -0.05) is 38.3 Å². The minimum atomic E-state index is 0.0676. The Morgan fingerprint density at radius 1 is 1.41 bits per heavy atom. The Morgan fingerprint density at radius 2 is 2.18 bits per heavy atom. The van der Waals surface area contributed by atoms with Gasteiger partial charge in [0.2, 0.25) is 0 Å². The van der Waals surface area contributed by atoms with E-state index in [0.717, 1.165) is 13.0 Å². The highest BCUT2D eigenvalue weighted by molar-refractivity contribution is 6.31. The first kappa shape index (κ1) is 14.0. The quantitative estimate of drug-likeness (QED) is 0.592. The zero-order valence-corrected chi connectivity index (χ0v) is 11.2. The number of rotatable bonds is 7. The van der Waals surface area contributed by atoms with Gasteiger partial charge in [0.1, 0.15) is 5.82 Å². The molecule has 0 amide bonds. The van der Waals surface area contributed by atoms with E-state index in [2.05, 4.69) is 17.2 Å². The first-order valence-corrected chi connectivity index (χ1v) is 6.49. The third-order valence-corrected chi connectivity index (χ3v) is 2.76. The summed E-state index contributed by atoms with van der Waals surface area (Å²) >= 11 is 5.86. The monoisotopic (exact) mass is 254 g/mol. The van der Waals surface area contributed by atoms with Gasteiger partial charge in [-0.3, -0.25) is 4.79 Å². The Balaban J connectivity index is 2.72. The van der Waals surface area contributed by atoms with Crippen LogP contribution >= 0.6 is 11.6 Å². The summed E-state index contributed by atoms with van der Waals surface area (Å²) in [5.74, 6) is 0.718. The van der Waals surface area contributed by atoms with Crippen molar-refractivity contribution in [3.05, 3.63) is 22.8 Å². The largest absolute Gasteiger partial charge is 0.369 e. The second-order valence-corrected chi connectivity index (χ2v) is 4.40. The van der Waals surface area contributed by atoms with E-state index in [9.17, 15) is 4.79 Å². The van der Waals surface area contributed by atoms with E-state index in [1.165, 1.54) is 12.8 Å². The van der Waals surface area contributed by atoms with Crippen molar-refractivity contribution in [1.82, 2.24) is 4.98 Å². The van der Waals surface area contributed by atoms with Gasteiger partial charge >= 0.3 is 0 Å². The molecule has 0 fully saturated rings. The number of halogens is 1. The summed E-state index contributed by atoms with van der Waals surface area (Å²) in [6, 6.07) is 1.68. The molecule has 17 heavy (non-hydrogen) atoms. The molecule has 1 aromatic rings. The summed E-state index contributed by atoms with van der Waals surface area (Å²) < 4.78 is 0. The number of carbonyl (C=O) groups excluding carboxylic acids is 1. The molecule has 4 heteroatoms. The standard InChI is InChI=1S/C13H19ClN2O/c1-3-5-6-7-15-13-11(12(17)4-2)8-10(14)9-16-13/h8-9H,3-7H2,1-2H3,(H,15,16). The van der Waals surface area contributed by atoms with Gasteiger partial charge in [0.15, 0.2) is 5.78 Å². The van der Waals surface area contributed by atoms with E-state index >= 15 is 0 Å². The lowest BCUT2D eigenvalue weighted by molar-refractivity contribution is 0.0988. The van der Waals surface area contributed by atoms with Crippen molar-refractivity contribution in [3.8, 4) is 0 Å². The molecular weight excluding hydrogens is 236 g/mol. The number of nitrogens with one attached hydrogen (secondary N) is 1. The molecule has 0 radical (unpaired) electrons. The predicted molar refractivity (Wildman–Crippen MR) is 71.9 cm³/mol. The molecule has 0 bridgehead atoms. The Hall–Kier alpha value is -1.09. The van der Waals surface area contributed by atoms with Gasteiger partial charge in [0, 0.05) is 19.2 Å². The molecule has 0 saturated carbocycles. The lowest BCUT2D eigenvalue weighted by atomic mass is 10.1. The van der Waals surface area contributed by atoms with Crippen LogP contribution in [0.3, 0.4) is 0 Å². The second kappa shape index (κ2) is 7.28. The van der Waals surface area contributed by atoms with E-state index in [1.807, 2.05) is 6.92 Å². The molecule has 1 aromatic heterocycles. The first-order chi connectivity index (χ1) is 8.19. The van der Waals surface area contributed by atoms with Gasteiger partial charge < -0.3 is 5.32 Å². The van der Waals surface area contributed by atoms with Crippen LogP contribution in [-0.2, 0) is 0 Å². The van der Waals surface area contributed by atoms with Crippen molar-refractivity contribution in [2.45, 2.75) is 39.5 Å². The Bertz CT molecular complexity index is 380. The van der Waals surface area contributed by atoms with Crippen molar-refractivity contribution in [3.63, 3.8) is 0 Å². The summed E-state index contributed by atoms with van der Waals surface area (Å²) in [5.41, 5.74) is 0.594. The zero-order valence-electron chi connectivity index (χ0n) is 10.4. The molecule has 1 rings (SSSR count). The Morgan fingerprint density at radius 3 is 2.82 bits per heavy atom. The van der Waals surface area contributed by atoms with Gasteiger partial charge in [-0.15, -0.1) is 0 Å². The van der Waals surface area contributed by atoms with Crippen LogP contribution in [-0.4, -0.2) is 17.3 Å². The number of anilines is 1. The van der Waals surface area contributed by atoms with Crippen molar-refractivity contribution < 1.29 is 4.79 Å². The topological polar surface area (TPSA) is 42.0 Å². The number of hydrogen-bond acceptors (Lipinski definition) is 3. The third-order valence-electron chi connectivity index (χ3n) is 2.55. The Labute approximate surface area is 108 Å². The fraction of sp³-hybridized carbons (Fsp3) is 0.538. The highest BCUT2D eigenvalue weighted by Gasteiger charge is 2.11. The molecule has 0 atom stereocenters. The average molecular weight is 255 g/mol. The lowest BCUT2D eigenvalue weighted by Gasteiger charge is -2.09. The zero-order chi connectivity index (χ0) is 12.7. The molecule has 0 saturated heterocycles. The number of unbranched alkanes of at least 4 members (excludes halogenated alkanes) is 2. The van der Waals surface area contributed by atoms with E-state index in [4.69, 9.17) is 11.6 Å². The van der Waals surface area contributed by atoms with Crippen LogP contribution in [0.4, 0.5) is 5.82 Å². The number of hydrogen-bond donors (Lipinski definition) is 1. The summed E-state index contributed by atoms with van der Waals surface area (Å²) in [7, 11) is 0. The number of carbonyl (C=O) groups is 1. The number of Topliss-reactive ketones (excluding diaryl/α,β-unsaturated/α-hetero) is 1. The fourth-order valence-corrected chi connectivity index (χ4v) is 1.72. The van der Waals surface area contributed by atoms with Crippen LogP contribution in [0.1, 0.15) is 49.9 Å². The molecule has 94 valence electrons. The van der Waals surface area contributed by atoms with Crippen LogP contribution in [0.5, 0.6) is 0 Å². The van der Waals surface area contributed by atoms with Crippen LogP contribution in [0.25, 0.3) is 0 Å². The van der Waals surface area contributed by atoms with Crippen LogP contribution in [0.2, 0.25) is 5.02 Å². The molecule has 0 spiro atoms. The second-order valence-electron chi connectivity index (χ2n) is 3.96. The van der Waals surface area contributed by atoms with Gasteiger partial charge in [-0.05, 0) is 12.5 Å². The molecular formula is C13H19ClN2O. The van der Waals surface area contributed by atoms with E-state index in [0.29, 0.717) is 22.8 Å². The van der Waals surface area contributed by atoms with E-state index in [1.54, 1.807) is 12.3 Å². The molecule has 3 nitrogen and oxygen atoms in total. The van der Waals surface area contributed by atoms with Crippen LogP contribution in [0, 0.1) is 0 Å². The van der Waals surface area contributed by atoms with Crippen molar-refractivity contribution in [1.29, 1.82) is 0 Å². The van der Waals surface area contributed by atoms with Gasteiger partial charge in [-0.25, -0.2) is 4.98 Å². The molecule has 0 aromatic carbocycles. The normalized spacial score (nSPS) is 10.3. The summed E-state index contributed by atoms with van der Waals surface area (Å²) in [5, 5.41) is 3.70. The maximum atomic E-state index is 11.7. The molecule has 1 N–H and O–H groups in total. The van der Waals surface area contributed by atoms with Crippen LogP contribution in [0.15, 0.2) is 12.3 Å². The molecule has 0 aliphatic carbocycles. The summed E-state index contributed by atoms with van der Waals surface area (Å²) in [6.07, 6.45) is 5.47.